The number of carbonyl (C=O) groups excluding carboxylic acids is 1. The van der Waals surface area contributed by atoms with Crippen LogP contribution in [0.25, 0.3) is 11.1 Å². The Labute approximate surface area is 194 Å². The summed E-state index contributed by atoms with van der Waals surface area (Å²) in [5.74, 6) is 0.537. The van der Waals surface area contributed by atoms with Gasteiger partial charge in [-0.3, -0.25) is 4.79 Å². The summed E-state index contributed by atoms with van der Waals surface area (Å²) in [6.45, 7) is -0.137. The van der Waals surface area contributed by atoms with Gasteiger partial charge in [0.25, 0.3) is 0 Å². The van der Waals surface area contributed by atoms with Crippen molar-refractivity contribution in [1.82, 2.24) is 0 Å². The van der Waals surface area contributed by atoms with Crippen molar-refractivity contribution in [3.8, 4) is 28.4 Å². The highest BCUT2D eigenvalue weighted by Crippen LogP contribution is 2.51. The largest absolute Gasteiger partial charge is 0.573 e. The first-order valence-electron chi connectivity index (χ1n) is 10.6. The van der Waals surface area contributed by atoms with E-state index in [1.54, 1.807) is 36.4 Å². The van der Waals surface area contributed by atoms with E-state index < -0.39 is 17.5 Å². The highest BCUT2D eigenvalue weighted by Gasteiger charge is 2.51. The molecule has 0 aromatic heterocycles. The Kier molecular flexibility index (Phi) is 5.36. The van der Waals surface area contributed by atoms with Gasteiger partial charge in [0.05, 0.1) is 12.0 Å². The molecule has 34 heavy (non-hydrogen) atoms. The average Bonchev–Trinajstić information content (AvgIpc) is 3.50. The zero-order valence-electron chi connectivity index (χ0n) is 17.8. The number of benzene rings is 3. The van der Waals surface area contributed by atoms with Crippen molar-refractivity contribution < 1.29 is 38.7 Å². The zero-order chi connectivity index (χ0) is 23.9. The Bertz CT molecular complexity index is 1260. The molecular formula is C25H22F3NO5. The first-order valence-corrected chi connectivity index (χ1v) is 10.6. The van der Waals surface area contributed by atoms with Crippen molar-refractivity contribution in [3.63, 3.8) is 0 Å². The monoisotopic (exact) mass is 473 g/mol. The molecule has 2 aliphatic rings. The van der Waals surface area contributed by atoms with Crippen LogP contribution in [0.3, 0.4) is 0 Å². The quantitative estimate of drug-likeness (QED) is 0.502. The second-order valence-corrected chi connectivity index (χ2v) is 8.22. The number of amides is 1. The molecule has 1 amide bonds. The summed E-state index contributed by atoms with van der Waals surface area (Å²) in [5, 5.41) is 12.3. The van der Waals surface area contributed by atoms with Crippen LogP contribution < -0.4 is 19.5 Å². The van der Waals surface area contributed by atoms with Gasteiger partial charge in [0.15, 0.2) is 11.5 Å². The number of aliphatic hydroxyl groups excluding tert-OH is 1. The number of halogens is 3. The molecule has 9 heteroatoms. The van der Waals surface area contributed by atoms with Gasteiger partial charge >= 0.3 is 6.36 Å². The number of hydrogen-bond donors (Lipinski definition) is 2. The van der Waals surface area contributed by atoms with Gasteiger partial charge in [-0.2, -0.15) is 0 Å². The second-order valence-electron chi connectivity index (χ2n) is 8.22. The SMILES string of the molecule is O=C(Nc1ccc(OC(F)(F)F)c(-c2cccc(CO)c2)c1)C1(c2ccc3c(c2)OCO3)CC1.[HH]. The number of nitrogens with one attached hydrogen (secondary N) is 1. The Balaban J connectivity index is 0.00000289. The van der Waals surface area contributed by atoms with Gasteiger partial charge in [-0.15, -0.1) is 13.2 Å². The lowest BCUT2D eigenvalue weighted by Gasteiger charge is -2.18. The molecule has 2 N–H and O–H groups in total. The van der Waals surface area contributed by atoms with E-state index in [-0.39, 0.29) is 26.3 Å². The summed E-state index contributed by atoms with van der Waals surface area (Å²) in [5.41, 5.74) is 1.47. The van der Waals surface area contributed by atoms with Gasteiger partial charge in [0.1, 0.15) is 5.75 Å². The van der Waals surface area contributed by atoms with E-state index in [2.05, 4.69) is 10.1 Å². The number of alkyl halides is 3. The topological polar surface area (TPSA) is 77.0 Å². The fraction of sp³-hybridized carbons (Fsp3) is 0.240. The molecule has 1 aliphatic heterocycles. The van der Waals surface area contributed by atoms with Crippen LogP contribution in [0.1, 0.15) is 25.4 Å². The minimum atomic E-state index is -4.88. The lowest BCUT2D eigenvalue weighted by atomic mass is 9.94. The molecule has 1 saturated carbocycles. The number of carbonyl (C=O) groups is 1. The van der Waals surface area contributed by atoms with E-state index in [4.69, 9.17) is 9.47 Å². The first kappa shape index (κ1) is 22.1. The summed E-state index contributed by atoms with van der Waals surface area (Å²) in [6.07, 6.45) is -3.61. The van der Waals surface area contributed by atoms with E-state index >= 15 is 0 Å². The average molecular weight is 473 g/mol. The molecular weight excluding hydrogens is 451 g/mol. The normalized spacial score (nSPS) is 15.6. The van der Waals surface area contributed by atoms with Crippen molar-refractivity contribution >= 4 is 11.6 Å². The predicted molar refractivity (Wildman–Crippen MR) is 119 cm³/mol. The van der Waals surface area contributed by atoms with Crippen LogP contribution in [-0.2, 0) is 16.8 Å². The first-order chi connectivity index (χ1) is 16.3. The lowest BCUT2D eigenvalue weighted by molar-refractivity contribution is -0.274. The molecule has 0 atom stereocenters. The summed E-state index contributed by atoms with van der Waals surface area (Å²) in [7, 11) is 0. The maximum Gasteiger partial charge on any atom is 0.573 e. The van der Waals surface area contributed by atoms with Crippen LogP contribution >= 0.6 is 0 Å². The fourth-order valence-electron chi connectivity index (χ4n) is 4.10. The molecule has 178 valence electrons. The highest BCUT2D eigenvalue weighted by molar-refractivity contribution is 6.02. The molecule has 0 bridgehead atoms. The minimum Gasteiger partial charge on any atom is -0.454 e. The molecule has 0 saturated heterocycles. The second kappa shape index (κ2) is 8.25. The zero-order valence-corrected chi connectivity index (χ0v) is 17.8. The highest BCUT2D eigenvalue weighted by atomic mass is 19.4. The molecule has 0 radical (unpaired) electrons. The van der Waals surface area contributed by atoms with Gasteiger partial charge in [0.2, 0.25) is 12.7 Å². The number of hydrogen-bond acceptors (Lipinski definition) is 5. The third kappa shape index (κ3) is 4.26. The Hall–Kier alpha value is -3.72. The van der Waals surface area contributed by atoms with Gasteiger partial charge in [0, 0.05) is 12.7 Å². The van der Waals surface area contributed by atoms with Gasteiger partial charge in [-0.25, -0.2) is 0 Å². The van der Waals surface area contributed by atoms with Gasteiger partial charge in [-0.05, 0) is 65.9 Å². The maximum absolute atomic E-state index is 13.2. The van der Waals surface area contributed by atoms with E-state index in [0.29, 0.717) is 41.2 Å². The van der Waals surface area contributed by atoms with E-state index in [9.17, 15) is 23.1 Å². The van der Waals surface area contributed by atoms with Crippen molar-refractivity contribution in [1.29, 1.82) is 0 Å². The molecule has 5 rings (SSSR count). The Morgan fingerprint density at radius 3 is 2.59 bits per heavy atom. The lowest BCUT2D eigenvalue weighted by Crippen LogP contribution is -2.27. The van der Waals surface area contributed by atoms with Gasteiger partial charge < -0.3 is 24.6 Å². The summed E-state index contributed by atoms with van der Waals surface area (Å²) in [4.78, 5) is 13.2. The van der Waals surface area contributed by atoms with Crippen molar-refractivity contribution in [3.05, 3.63) is 71.8 Å². The smallest absolute Gasteiger partial charge is 0.454 e. The molecule has 1 aliphatic carbocycles. The van der Waals surface area contributed by atoms with Crippen LogP contribution in [0, 0.1) is 0 Å². The minimum absolute atomic E-state index is 0. The standard InChI is InChI=1S/C25H20F3NO5.H2/c26-25(27,28)34-20-7-5-18(12-19(20)16-3-1-2-15(10-16)13-30)29-23(31)24(8-9-24)17-4-6-21-22(11-17)33-14-32-21;/h1-7,10-12,30H,8-9,13-14H2,(H,29,31);1H. The summed E-state index contributed by atoms with van der Waals surface area (Å²) < 4.78 is 53.9. The van der Waals surface area contributed by atoms with Crippen molar-refractivity contribution in [2.45, 2.75) is 31.2 Å². The third-order valence-corrected chi connectivity index (χ3v) is 5.99. The third-order valence-electron chi connectivity index (χ3n) is 5.99. The van der Waals surface area contributed by atoms with Crippen molar-refractivity contribution in [2.75, 3.05) is 12.1 Å². The van der Waals surface area contributed by atoms with Crippen LogP contribution in [0.2, 0.25) is 0 Å². The predicted octanol–water partition coefficient (Wildman–Crippen LogP) is 5.39. The molecule has 6 nitrogen and oxygen atoms in total. The number of rotatable bonds is 6. The molecule has 0 unspecified atom stereocenters. The Morgan fingerprint density at radius 1 is 1.06 bits per heavy atom. The van der Waals surface area contributed by atoms with E-state index in [1.807, 2.05) is 6.07 Å². The number of fused-ring (bicyclic) bond motifs is 1. The number of aliphatic hydroxyl groups is 1. The number of ether oxygens (including phenoxy) is 3. The van der Waals surface area contributed by atoms with E-state index in [1.165, 1.54) is 18.2 Å². The summed E-state index contributed by atoms with van der Waals surface area (Å²) >= 11 is 0. The van der Waals surface area contributed by atoms with Crippen molar-refractivity contribution in [2.24, 2.45) is 0 Å². The molecule has 3 aromatic carbocycles. The van der Waals surface area contributed by atoms with Crippen LogP contribution in [0.4, 0.5) is 18.9 Å². The molecule has 1 fully saturated rings. The molecule has 3 aromatic rings. The maximum atomic E-state index is 13.2. The molecule has 1 heterocycles. The van der Waals surface area contributed by atoms with Crippen LogP contribution in [0.5, 0.6) is 17.2 Å². The molecule has 0 spiro atoms. The van der Waals surface area contributed by atoms with Gasteiger partial charge in [-0.1, -0.05) is 24.3 Å². The van der Waals surface area contributed by atoms with Crippen LogP contribution in [-0.4, -0.2) is 24.2 Å². The number of anilines is 1. The fourth-order valence-corrected chi connectivity index (χ4v) is 4.10. The Morgan fingerprint density at radius 2 is 1.85 bits per heavy atom. The van der Waals surface area contributed by atoms with Crippen LogP contribution in [0.15, 0.2) is 60.7 Å². The summed E-state index contributed by atoms with van der Waals surface area (Å²) in [6, 6.07) is 15.8. The van der Waals surface area contributed by atoms with E-state index in [0.717, 1.165) is 5.56 Å².